The molecule has 0 spiro atoms. The molecule has 2 rings (SSSR count). The molecule has 2 aromatic rings. The summed E-state index contributed by atoms with van der Waals surface area (Å²) in [6, 6.07) is 5.90. The van der Waals surface area contributed by atoms with Crippen LogP contribution in [0.1, 0.15) is 25.3 Å². The third-order valence-electron chi connectivity index (χ3n) is 3.10. The average molecular weight is 261 g/mol. The Morgan fingerprint density at radius 1 is 1.26 bits per heavy atom. The molecule has 0 bridgehead atoms. The van der Waals surface area contributed by atoms with Gasteiger partial charge in [0.2, 0.25) is 0 Å². The fourth-order valence-corrected chi connectivity index (χ4v) is 2.17. The van der Waals surface area contributed by atoms with E-state index in [0.29, 0.717) is 6.42 Å². The molecule has 0 saturated carbocycles. The third kappa shape index (κ3) is 3.79. The number of hydrogen-bond acceptors (Lipinski definition) is 3. The number of H-pyrrole nitrogens is 2. The molecular weight excluding hydrogens is 242 g/mol. The molecule has 1 aromatic carbocycles. The van der Waals surface area contributed by atoms with Gasteiger partial charge in [-0.15, -0.1) is 0 Å². The summed E-state index contributed by atoms with van der Waals surface area (Å²) in [6.07, 6.45) is 1.52. The highest BCUT2D eigenvalue weighted by molar-refractivity contribution is 5.75. The zero-order valence-corrected chi connectivity index (χ0v) is 11.3. The van der Waals surface area contributed by atoms with E-state index in [1.807, 2.05) is 25.2 Å². The SMILES string of the molecule is CC(=O)CCCN(C)Cc1ccc2[nH]c(=O)[nH]c2c1. The molecule has 0 unspecified atom stereocenters. The van der Waals surface area contributed by atoms with Gasteiger partial charge in [0.05, 0.1) is 11.0 Å². The first-order valence-electron chi connectivity index (χ1n) is 6.43. The van der Waals surface area contributed by atoms with Gasteiger partial charge in [-0.05, 0) is 44.6 Å². The lowest BCUT2D eigenvalue weighted by atomic mass is 10.2. The lowest BCUT2D eigenvalue weighted by Crippen LogP contribution is -2.19. The largest absolute Gasteiger partial charge is 0.323 e. The van der Waals surface area contributed by atoms with Gasteiger partial charge in [0.25, 0.3) is 0 Å². The topological polar surface area (TPSA) is 69.0 Å². The summed E-state index contributed by atoms with van der Waals surface area (Å²) in [6.45, 7) is 3.32. The van der Waals surface area contributed by atoms with Crippen molar-refractivity contribution in [1.29, 1.82) is 0 Å². The van der Waals surface area contributed by atoms with E-state index in [1.165, 1.54) is 0 Å². The Morgan fingerprint density at radius 3 is 2.74 bits per heavy atom. The second-order valence-corrected chi connectivity index (χ2v) is 5.00. The first-order valence-corrected chi connectivity index (χ1v) is 6.43. The van der Waals surface area contributed by atoms with E-state index in [4.69, 9.17) is 0 Å². The minimum absolute atomic E-state index is 0.179. The van der Waals surface area contributed by atoms with Crippen LogP contribution in [0.2, 0.25) is 0 Å². The Balaban J connectivity index is 1.96. The van der Waals surface area contributed by atoms with E-state index in [9.17, 15) is 9.59 Å². The molecular formula is C14H19N3O2. The maximum Gasteiger partial charge on any atom is 0.323 e. The highest BCUT2D eigenvalue weighted by Gasteiger charge is 2.04. The molecule has 0 aliphatic heterocycles. The Hall–Kier alpha value is -1.88. The molecule has 19 heavy (non-hydrogen) atoms. The van der Waals surface area contributed by atoms with Crippen LogP contribution in [0.5, 0.6) is 0 Å². The second kappa shape index (κ2) is 5.84. The van der Waals surface area contributed by atoms with Gasteiger partial charge >= 0.3 is 5.69 Å². The Kier molecular flexibility index (Phi) is 4.16. The number of ketones is 1. The van der Waals surface area contributed by atoms with Crippen LogP contribution in [0, 0.1) is 0 Å². The third-order valence-corrected chi connectivity index (χ3v) is 3.10. The van der Waals surface area contributed by atoms with Crippen molar-refractivity contribution in [2.24, 2.45) is 0 Å². The quantitative estimate of drug-likeness (QED) is 0.831. The van der Waals surface area contributed by atoms with Gasteiger partial charge in [-0.1, -0.05) is 6.07 Å². The number of aromatic amines is 2. The lowest BCUT2D eigenvalue weighted by Gasteiger charge is -2.16. The van der Waals surface area contributed by atoms with E-state index in [-0.39, 0.29) is 11.5 Å². The number of aromatic nitrogens is 2. The zero-order valence-electron chi connectivity index (χ0n) is 11.3. The number of carbonyl (C=O) groups is 1. The Labute approximate surface area is 111 Å². The van der Waals surface area contributed by atoms with Gasteiger partial charge in [0, 0.05) is 13.0 Å². The lowest BCUT2D eigenvalue weighted by molar-refractivity contribution is -0.117. The molecule has 0 aliphatic carbocycles. The van der Waals surface area contributed by atoms with Crippen molar-refractivity contribution < 1.29 is 4.79 Å². The molecule has 0 saturated heterocycles. The predicted octanol–water partition coefficient (Wildman–Crippen LogP) is 1.66. The van der Waals surface area contributed by atoms with E-state index in [0.717, 1.165) is 36.1 Å². The highest BCUT2D eigenvalue weighted by Crippen LogP contribution is 2.12. The molecule has 2 N–H and O–H groups in total. The van der Waals surface area contributed by atoms with E-state index in [1.54, 1.807) is 6.92 Å². The van der Waals surface area contributed by atoms with Crippen molar-refractivity contribution in [3.8, 4) is 0 Å². The fraction of sp³-hybridized carbons (Fsp3) is 0.429. The van der Waals surface area contributed by atoms with Gasteiger partial charge in [-0.25, -0.2) is 4.79 Å². The molecule has 0 amide bonds. The zero-order chi connectivity index (χ0) is 13.8. The van der Waals surface area contributed by atoms with Crippen molar-refractivity contribution in [2.75, 3.05) is 13.6 Å². The highest BCUT2D eigenvalue weighted by atomic mass is 16.1. The van der Waals surface area contributed by atoms with Crippen LogP contribution in [-0.4, -0.2) is 34.2 Å². The van der Waals surface area contributed by atoms with Crippen molar-refractivity contribution in [3.63, 3.8) is 0 Å². The standard InChI is InChI=1S/C14H19N3O2/c1-10(18)4-3-7-17(2)9-11-5-6-12-13(8-11)16-14(19)15-12/h5-6,8H,3-4,7,9H2,1-2H3,(H2,15,16,19). The first kappa shape index (κ1) is 13.5. The number of hydrogen-bond donors (Lipinski definition) is 2. The summed E-state index contributed by atoms with van der Waals surface area (Å²) in [5.74, 6) is 0.236. The number of imidazole rings is 1. The van der Waals surface area contributed by atoms with Gasteiger partial charge in [0.1, 0.15) is 5.78 Å². The van der Waals surface area contributed by atoms with Crippen LogP contribution in [0.3, 0.4) is 0 Å². The number of rotatable bonds is 6. The molecule has 1 heterocycles. The fourth-order valence-electron chi connectivity index (χ4n) is 2.17. The second-order valence-electron chi connectivity index (χ2n) is 5.00. The maximum absolute atomic E-state index is 11.2. The number of Topliss-reactive ketones (excluding diaryl/α,β-unsaturated/α-hetero) is 1. The van der Waals surface area contributed by atoms with Gasteiger partial charge in [-0.3, -0.25) is 0 Å². The minimum Gasteiger partial charge on any atom is -0.306 e. The van der Waals surface area contributed by atoms with Crippen molar-refractivity contribution in [2.45, 2.75) is 26.3 Å². The number of nitrogens with zero attached hydrogens (tertiary/aromatic N) is 1. The van der Waals surface area contributed by atoms with E-state index in [2.05, 4.69) is 14.9 Å². The molecule has 5 heteroatoms. The molecule has 0 fully saturated rings. The molecule has 102 valence electrons. The number of benzene rings is 1. The average Bonchev–Trinajstić information content (AvgIpc) is 2.67. The summed E-state index contributed by atoms with van der Waals surface area (Å²) in [5, 5.41) is 0. The molecule has 5 nitrogen and oxygen atoms in total. The van der Waals surface area contributed by atoms with Crippen LogP contribution in [0.25, 0.3) is 11.0 Å². The molecule has 0 aliphatic rings. The van der Waals surface area contributed by atoms with Crippen LogP contribution in [0.15, 0.2) is 23.0 Å². The Morgan fingerprint density at radius 2 is 2.00 bits per heavy atom. The summed E-state index contributed by atoms with van der Waals surface area (Å²) >= 11 is 0. The number of nitrogens with one attached hydrogen (secondary N) is 2. The van der Waals surface area contributed by atoms with E-state index >= 15 is 0 Å². The van der Waals surface area contributed by atoms with Crippen molar-refractivity contribution in [1.82, 2.24) is 14.9 Å². The number of fused-ring (bicyclic) bond motifs is 1. The summed E-state index contributed by atoms with van der Waals surface area (Å²) in [7, 11) is 2.03. The summed E-state index contributed by atoms with van der Waals surface area (Å²) < 4.78 is 0. The molecule has 0 radical (unpaired) electrons. The minimum atomic E-state index is -0.179. The van der Waals surface area contributed by atoms with E-state index < -0.39 is 0 Å². The smallest absolute Gasteiger partial charge is 0.306 e. The first-order chi connectivity index (χ1) is 9.04. The van der Waals surface area contributed by atoms with Crippen LogP contribution >= 0.6 is 0 Å². The number of carbonyl (C=O) groups excluding carboxylic acids is 1. The normalized spacial score (nSPS) is 11.3. The Bertz CT molecular complexity index is 627. The van der Waals surface area contributed by atoms with Gasteiger partial charge < -0.3 is 19.7 Å². The maximum atomic E-state index is 11.2. The van der Waals surface area contributed by atoms with Gasteiger partial charge in [0.15, 0.2) is 0 Å². The molecule has 0 atom stereocenters. The molecule has 1 aromatic heterocycles. The summed E-state index contributed by atoms with van der Waals surface area (Å²) in [4.78, 5) is 29.7. The summed E-state index contributed by atoms with van der Waals surface area (Å²) in [5.41, 5.74) is 2.63. The van der Waals surface area contributed by atoms with Crippen molar-refractivity contribution in [3.05, 3.63) is 34.2 Å². The monoisotopic (exact) mass is 261 g/mol. The van der Waals surface area contributed by atoms with Crippen molar-refractivity contribution >= 4 is 16.8 Å². The predicted molar refractivity (Wildman–Crippen MR) is 75.2 cm³/mol. The van der Waals surface area contributed by atoms with Crippen LogP contribution < -0.4 is 5.69 Å². The van der Waals surface area contributed by atoms with Crippen LogP contribution in [-0.2, 0) is 11.3 Å². The van der Waals surface area contributed by atoms with Crippen LogP contribution in [0.4, 0.5) is 0 Å². The van der Waals surface area contributed by atoms with Gasteiger partial charge in [-0.2, -0.15) is 0 Å².